The molecular weight excluding hydrogens is 306 g/mol. The third kappa shape index (κ3) is 2.50. The molecule has 0 unspecified atom stereocenters. The molecule has 0 fully saturated rings. The van der Waals surface area contributed by atoms with Gasteiger partial charge in [0.05, 0.1) is 13.7 Å². The van der Waals surface area contributed by atoms with Gasteiger partial charge in [-0.3, -0.25) is 4.79 Å². The standard InChI is InChI=1S/C17H17N5O2/c1-24-13-5-2-4-12(10-13)21-8-9-22-16(21)11-15(20-22)19-17(23)14-6-3-7-18-14/h2-7,10-11,18H,8-9H2,1H3,(H,19,20,23). The minimum Gasteiger partial charge on any atom is -0.497 e. The molecule has 7 heteroatoms. The fourth-order valence-electron chi connectivity index (χ4n) is 2.85. The molecule has 1 aromatic carbocycles. The Labute approximate surface area is 138 Å². The summed E-state index contributed by atoms with van der Waals surface area (Å²) < 4.78 is 7.18. The van der Waals surface area contributed by atoms with Crippen molar-refractivity contribution in [2.45, 2.75) is 6.54 Å². The lowest BCUT2D eigenvalue weighted by Gasteiger charge is -2.17. The predicted molar refractivity (Wildman–Crippen MR) is 91.0 cm³/mol. The third-order valence-electron chi connectivity index (χ3n) is 4.02. The zero-order chi connectivity index (χ0) is 16.5. The van der Waals surface area contributed by atoms with E-state index >= 15 is 0 Å². The molecule has 1 amide bonds. The Balaban J connectivity index is 1.57. The molecule has 1 aliphatic rings. The van der Waals surface area contributed by atoms with E-state index in [4.69, 9.17) is 4.74 Å². The molecule has 4 rings (SSSR count). The summed E-state index contributed by atoms with van der Waals surface area (Å²) in [6.07, 6.45) is 1.71. The van der Waals surface area contributed by atoms with Crippen molar-refractivity contribution in [1.29, 1.82) is 0 Å². The lowest BCUT2D eigenvalue weighted by Crippen LogP contribution is -2.15. The molecule has 2 aromatic heterocycles. The minimum absolute atomic E-state index is 0.204. The average molecular weight is 323 g/mol. The second-order valence-corrected chi connectivity index (χ2v) is 5.50. The van der Waals surface area contributed by atoms with Crippen LogP contribution in [0.25, 0.3) is 0 Å². The zero-order valence-corrected chi connectivity index (χ0v) is 13.2. The number of nitrogens with one attached hydrogen (secondary N) is 2. The normalized spacial score (nSPS) is 13.0. The van der Waals surface area contributed by atoms with Crippen LogP contribution >= 0.6 is 0 Å². The number of carbonyl (C=O) groups excluding carboxylic acids is 1. The maximum Gasteiger partial charge on any atom is 0.273 e. The van der Waals surface area contributed by atoms with E-state index < -0.39 is 0 Å². The summed E-state index contributed by atoms with van der Waals surface area (Å²) in [7, 11) is 1.65. The molecule has 0 spiro atoms. The third-order valence-corrected chi connectivity index (χ3v) is 4.02. The Morgan fingerprint density at radius 1 is 1.25 bits per heavy atom. The number of fused-ring (bicyclic) bond motifs is 1. The van der Waals surface area contributed by atoms with Gasteiger partial charge in [0.25, 0.3) is 5.91 Å². The van der Waals surface area contributed by atoms with Crippen molar-refractivity contribution in [1.82, 2.24) is 14.8 Å². The fraction of sp³-hybridized carbons (Fsp3) is 0.176. The highest BCUT2D eigenvalue weighted by molar-refractivity contribution is 6.02. The lowest BCUT2D eigenvalue weighted by atomic mass is 10.2. The first kappa shape index (κ1) is 14.4. The van der Waals surface area contributed by atoms with Crippen molar-refractivity contribution in [2.75, 3.05) is 23.9 Å². The average Bonchev–Trinajstić information content (AvgIpc) is 3.31. The molecule has 0 saturated carbocycles. The Kier molecular flexibility index (Phi) is 3.45. The molecule has 7 nitrogen and oxygen atoms in total. The number of anilines is 3. The molecule has 0 bridgehead atoms. The van der Waals surface area contributed by atoms with Crippen LogP contribution in [0.15, 0.2) is 48.7 Å². The van der Waals surface area contributed by atoms with E-state index in [2.05, 4.69) is 20.3 Å². The van der Waals surface area contributed by atoms with Crippen LogP contribution in [0.4, 0.5) is 17.3 Å². The van der Waals surface area contributed by atoms with Gasteiger partial charge in [-0.1, -0.05) is 6.07 Å². The number of rotatable bonds is 4. The van der Waals surface area contributed by atoms with Crippen LogP contribution in [0.3, 0.4) is 0 Å². The first-order valence-corrected chi connectivity index (χ1v) is 7.69. The fourth-order valence-corrected chi connectivity index (χ4v) is 2.85. The van der Waals surface area contributed by atoms with Gasteiger partial charge in [0, 0.05) is 30.6 Å². The van der Waals surface area contributed by atoms with Gasteiger partial charge in [-0.15, -0.1) is 0 Å². The minimum atomic E-state index is -0.204. The van der Waals surface area contributed by atoms with Crippen molar-refractivity contribution < 1.29 is 9.53 Å². The topological polar surface area (TPSA) is 75.2 Å². The van der Waals surface area contributed by atoms with Crippen molar-refractivity contribution >= 4 is 23.2 Å². The predicted octanol–water partition coefficient (Wildman–Crippen LogP) is 2.62. The van der Waals surface area contributed by atoms with Gasteiger partial charge in [-0.2, -0.15) is 5.10 Å². The van der Waals surface area contributed by atoms with Crippen LogP contribution in [0, 0.1) is 0 Å². The molecule has 2 N–H and O–H groups in total. The van der Waals surface area contributed by atoms with Crippen LogP contribution in [-0.4, -0.2) is 34.3 Å². The number of amides is 1. The highest BCUT2D eigenvalue weighted by atomic mass is 16.5. The van der Waals surface area contributed by atoms with E-state index in [0.717, 1.165) is 30.3 Å². The van der Waals surface area contributed by atoms with E-state index in [-0.39, 0.29) is 5.91 Å². The van der Waals surface area contributed by atoms with Crippen molar-refractivity contribution in [3.05, 3.63) is 54.4 Å². The van der Waals surface area contributed by atoms with Crippen molar-refractivity contribution in [3.8, 4) is 5.75 Å². The number of H-pyrrole nitrogens is 1. The molecule has 3 heterocycles. The molecular formula is C17H17N5O2. The molecule has 1 aliphatic heterocycles. The Bertz CT molecular complexity index is 869. The van der Waals surface area contributed by atoms with Crippen molar-refractivity contribution in [2.24, 2.45) is 0 Å². The number of nitrogens with zero attached hydrogens (tertiary/aromatic N) is 3. The molecule has 122 valence electrons. The highest BCUT2D eigenvalue weighted by Crippen LogP contribution is 2.33. The van der Waals surface area contributed by atoms with E-state index in [0.29, 0.717) is 11.5 Å². The van der Waals surface area contributed by atoms with Gasteiger partial charge in [0.1, 0.15) is 17.3 Å². The summed E-state index contributed by atoms with van der Waals surface area (Å²) in [6, 6.07) is 13.3. The van der Waals surface area contributed by atoms with E-state index in [9.17, 15) is 4.79 Å². The molecule has 0 saturated heterocycles. The van der Waals surface area contributed by atoms with Gasteiger partial charge in [0.15, 0.2) is 5.82 Å². The molecule has 3 aromatic rings. The first-order valence-electron chi connectivity index (χ1n) is 7.69. The molecule has 0 radical (unpaired) electrons. The summed E-state index contributed by atoms with van der Waals surface area (Å²) in [6.45, 7) is 1.60. The van der Waals surface area contributed by atoms with Crippen LogP contribution in [0.5, 0.6) is 5.75 Å². The lowest BCUT2D eigenvalue weighted by molar-refractivity contribution is 0.102. The number of hydrogen-bond donors (Lipinski definition) is 2. The number of aromatic nitrogens is 3. The van der Waals surface area contributed by atoms with Gasteiger partial charge in [-0.25, -0.2) is 4.68 Å². The molecule has 24 heavy (non-hydrogen) atoms. The van der Waals surface area contributed by atoms with E-state index in [1.54, 1.807) is 25.4 Å². The summed E-state index contributed by atoms with van der Waals surface area (Å²) in [5.41, 5.74) is 1.54. The molecule has 0 aliphatic carbocycles. The van der Waals surface area contributed by atoms with E-state index in [1.165, 1.54) is 0 Å². The summed E-state index contributed by atoms with van der Waals surface area (Å²) in [5.74, 6) is 2.10. The first-order chi connectivity index (χ1) is 11.7. The van der Waals surface area contributed by atoms with Gasteiger partial charge in [-0.05, 0) is 24.3 Å². The molecule has 0 atom stereocenters. The number of methoxy groups -OCH3 is 1. The zero-order valence-electron chi connectivity index (χ0n) is 13.2. The van der Waals surface area contributed by atoms with E-state index in [1.807, 2.05) is 35.0 Å². The van der Waals surface area contributed by atoms with Crippen LogP contribution in [-0.2, 0) is 6.54 Å². The Morgan fingerprint density at radius 2 is 2.17 bits per heavy atom. The van der Waals surface area contributed by atoms with Crippen LogP contribution in [0.1, 0.15) is 10.5 Å². The van der Waals surface area contributed by atoms with Gasteiger partial charge in [0.2, 0.25) is 0 Å². The monoisotopic (exact) mass is 323 g/mol. The summed E-state index contributed by atoms with van der Waals surface area (Å²) >= 11 is 0. The Hall–Kier alpha value is -3.22. The summed E-state index contributed by atoms with van der Waals surface area (Å²) in [5, 5.41) is 7.27. The maximum atomic E-state index is 12.1. The Morgan fingerprint density at radius 3 is 2.96 bits per heavy atom. The highest BCUT2D eigenvalue weighted by Gasteiger charge is 2.24. The quantitative estimate of drug-likeness (QED) is 0.774. The van der Waals surface area contributed by atoms with Gasteiger partial charge < -0.3 is 19.9 Å². The van der Waals surface area contributed by atoms with Gasteiger partial charge >= 0.3 is 0 Å². The second kappa shape index (κ2) is 5.77. The number of carbonyl (C=O) groups is 1. The number of aromatic amines is 1. The van der Waals surface area contributed by atoms with Crippen molar-refractivity contribution in [3.63, 3.8) is 0 Å². The number of hydrogen-bond acceptors (Lipinski definition) is 4. The smallest absolute Gasteiger partial charge is 0.273 e. The maximum absolute atomic E-state index is 12.1. The SMILES string of the molecule is COc1cccc(N2CCn3nc(NC(=O)c4ccc[nH]4)cc32)c1. The number of ether oxygens (including phenoxy) is 1. The largest absolute Gasteiger partial charge is 0.497 e. The number of benzene rings is 1. The van der Waals surface area contributed by atoms with Crippen LogP contribution in [0.2, 0.25) is 0 Å². The summed E-state index contributed by atoms with van der Waals surface area (Å²) in [4.78, 5) is 17.2. The second-order valence-electron chi connectivity index (χ2n) is 5.50. The van der Waals surface area contributed by atoms with Crippen LogP contribution < -0.4 is 15.0 Å².